The van der Waals surface area contributed by atoms with Crippen LogP contribution in [0, 0.1) is 11.3 Å². The molecule has 0 radical (unpaired) electrons. The summed E-state index contributed by atoms with van der Waals surface area (Å²) in [5, 5.41) is 17.2. The van der Waals surface area contributed by atoms with E-state index >= 15 is 0 Å². The van der Waals surface area contributed by atoms with Crippen LogP contribution < -0.4 is 10.1 Å². The van der Waals surface area contributed by atoms with Gasteiger partial charge in [-0.1, -0.05) is 0 Å². The predicted molar refractivity (Wildman–Crippen MR) is 147 cm³/mol. The average molecular weight is 586 g/mol. The summed E-state index contributed by atoms with van der Waals surface area (Å²) in [6.07, 6.45) is 10.0. The van der Waals surface area contributed by atoms with Crippen molar-refractivity contribution in [1.29, 1.82) is 0 Å². The minimum absolute atomic E-state index is 0.000704. The third-order valence-corrected chi connectivity index (χ3v) is 10.3. The van der Waals surface area contributed by atoms with Gasteiger partial charge in [-0.05, 0) is 74.8 Å². The molecule has 4 aliphatic rings. The van der Waals surface area contributed by atoms with Gasteiger partial charge in [0.15, 0.2) is 5.82 Å². The summed E-state index contributed by atoms with van der Waals surface area (Å²) in [6, 6.07) is 2.96. The third kappa shape index (κ3) is 5.21. The Morgan fingerprint density at radius 3 is 2.48 bits per heavy atom. The van der Waals surface area contributed by atoms with Crippen LogP contribution in [0.15, 0.2) is 30.7 Å². The Hall–Kier alpha value is -2.99. The quantitative estimate of drug-likeness (QED) is 0.409. The molecule has 42 heavy (non-hydrogen) atoms. The van der Waals surface area contributed by atoms with Crippen molar-refractivity contribution in [3.8, 4) is 5.88 Å². The maximum Gasteiger partial charge on any atom is 0.416 e. The first-order valence-corrected chi connectivity index (χ1v) is 15.2. The van der Waals surface area contributed by atoms with Crippen molar-refractivity contribution in [3.05, 3.63) is 53.5 Å². The SMILES string of the molecule is Cn1c(COc2cc(C(F)(F)F)ccn2)nnc1C1CCC(c2cnn(C3CCC(C4NCC45COC5)CC3)c2)CC1. The Balaban J connectivity index is 0.903. The minimum atomic E-state index is -4.45. The Morgan fingerprint density at radius 2 is 1.81 bits per heavy atom. The number of pyridine rings is 1. The van der Waals surface area contributed by atoms with Crippen LogP contribution in [0.3, 0.4) is 0 Å². The van der Waals surface area contributed by atoms with E-state index in [1.807, 2.05) is 11.6 Å². The smallest absolute Gasteiger partial charge is 0.416 e. The fraction of sp³-hybridized carbons (Fsp3) is 0.667. The zero-order chi connectivity index (χ0) is 28.9. The van der Waals surface area contributed by atoms with Crippen LogP contribution in [0.5, 0.6) is 5.88 Å². The lowest BCUT2D eigenvalue weighted by atomic mass is 9.63. The van der Waals surface area contributed by atoms with E-state index in [9.17, 15) is 13.2 Å². The standard InChI is InChI=1S/C30H38F3N7O2/c1-39-25(15-42-26-12-23(10-11-34-26)30(31,32)33)37-38-28(39)21-4-2-19(3-5-21)22-13-36-40(14-22)24-8-6-20(7-9-24)27-29(16-35-27)17-41-18-29/h10-14,19-21,24,27,35H,2-9,15-18H2,1H3. The zero-order valence-corrected chi connectivity index (χ0v) is 23.9. The lowest BCUT2D eigenvalue weighted by Crippen LogP contribution is -2.73. The number of halogens is 3. The molecule has 0 bridgehead atoms. The first kappa shape index (κ1) is 27.8. The predicted octanol–water partition coefficient (Wildman–Crippen LogP) is 5.17. The summed E-state index contributed by atoms with van der Waals surface area (Å²) in [5.41, 5.74) is 0.974. The number of alkyl halides is 3. The molecule has 226 valence electrons. The largest absolute Gasteiger partial charge is 0.469 e. The number of hydrogen-bond acceptors (Lipinski definition) is 7. The van der Waals surface area contributed by atoms with Crippen molar-refractivity contribution in [3.63, 3.8) is 0 Å². The molecule has 7 rings (SSSR count). The van der Waals surface area contributed by atoms with Gasteiger partial charge in [0.1, 0.15) is 12.4 Å². The highest BCUT2D eigenvalue weighted by Crippen LogP contribution is 2.46. The average Bonchev–Trinajstić information content (AvgIpc) is 3.58. The van der Waals surface area contributed by atoms with Gasteiger partial charge in [-0.25, -0.2) is 4.98 Å². The number of hydrogen-bond donors (Lipinski definition) is 1. The van der Waals surface area contributed by atoms with Crippen molar-refractivity contribution < 1.29 is 22.6 Å². The molecule has 9 nitrogen and oxygen atoms in total. The molecule has 1 spiro atoms. The molecule has 2 aliphatic carbocycles. The lowest BCUT2D eigenvalue weighted by molar-refractivity contribution is -0.183. The van der Waals surface area contributed by atoms with Gasteiger partial charge in [0.05, 0.1) is 31.0 Å². The Labute approximate surface area is 243 Å². The van der Waals surface area contributed by atoms with E-state index in [0.717, 1.165) is 75.5 Å². The van der Waals surface area contributed by atoms with Crippen LogP contribution in [0.4, 0.5) is 13.2 Å². The highest BCUT2D eigenvalue weighted by atomic mass is 19.4. The molecule has 3 aromatic rings. The first-order valence-electron chi connectivity index (χ1n) is 15.2. The maximum absolute atomic E-state index is 13.0. The minimum Gasteiger partial charge on any atom is -0.469 e. The molecular weight excluding hydrogens is 547 g/mol. The monoisotopic (exact) mass is 585 g/mol. The zero-order valence-electron chi connectivity index (χ0n) is 23.9. The van der Waals surface area contributed by atoms with Crippen molar-refractivity contribution in [2.45, 2.75) is 88.1 Å². The van der Waals surface area contributed by atoms with Gasteiger partial charge in [-0.15, -0.1) is 10.2 Å². The number of nitrogens with zero attached hydrogens (tertiary/aromatic N) is 6. The first-order chi connectivity index (χ1) is 20.3. The molecule has 1 N–H and O–H groups in total. The molecule has 1 unspecified atom stereocenters. The van der Waals surface area contributed by atoms with Crippen molar-refractivity contribution in [2.75, 3.05) is 19.8 Å². The molecule has 0 aromatic carbocycles. The molecule has 0 amide bonds. The molecular formula is C30H38F3N7O2. The second-order valence-electron chi connectivity index (χ2n) is 12.8. The molecule has 3 aromatic heterocycles. The van der Waals surface area contributed by atoms with Crippen LogP contribution >= 0.6 is 0 Å². The summed E-state index contributed by atoms with van der Waals surface area (Å²) in [6.45, 7) is 2.99. The molecule has 2 saturated heterocycles. The summed E-state index contributed by atoms with van der Waals surface area (Å²) in [4.78, 5) is 3.90. The molecule has 2 aliphatic heterocycles. The van der Waals surface area contributed by atoms with Crippen LogP contribution in [-0.4, -0.2) is 55.3 Å². The van der Waals surface area contributed by atoms with Crippen molar-refractivity contribution >= 4 is 0 Å². The fourth-order valence-corrected chi connectivity index (χ4v) is 7.63. The molecule has 5 heterocycles. The summed E-state index contributed by atoms with van der Waals surface area (Å²) in [5.74, 6) is 2.91. The van der Waals surface area contributed by atoms with Gasteiger partial charge >= 0.3 is 6.18 Å². The van der Waals surface area contributed by atoms with Crippen LogP contribution in [0.2, 0.25) is 0 Å². The van der Waals surface area contributed by atoms with Gasteiger partial charge < -0.3 is 19.4 Å². The van der Waals surface area contributed by atoms with Crippen LogP contribution in [-0.2, 0) is 24.6 Å². The van der Waals surface area contributed by atoms with Gasteiger partial charge in [-0.3, -0.25) is 4.68 Å². The van der Waals surface area contributed by atoms with Crippen LogP contribution in [0.1, 0.15) is 92.0 Å². The Bertz CT molecular complexity index is 1380. The number of aromatic nitrogens is 6. The normalized spacial score (nSPS) is 29.2. The number of rotatable bonds is 7. The van der Waals surface area contributed by atoms with E-state index in [0.29, 0.717) is 29.2 Å². The van der Waals surface area contributed by atoms with E-state index in [4.69, 9.17) is 14.6 Å². The van der Waals surface area contributed by atoms with Gasteiger partial charge in [0, 0.05) is 49.4 Å². The summed E-state index contributed by atoms with van der Waals surface area (Å²) >= 11 is 0. The molecule has 4 fully saturated rings. The van der Waals surface area contributed by atoms with E-state index < -0.39 is 11.7 Å². The second kappa shape index (κ2) is 10.9. The second-order valence-corrected chi connectivity index (χ2v) is 12.8. The van der Waals surface area contributed by atoms with E-state index in [-0.39, 0.29) is 18.4 Å². The molecule has 1 atom stereocenters. The number of nitrogens with one attached hydrogen (secondary N) is 1. The van der Waals surface area contributed by atoms with Crippen LogP contribution in [0.25, 0.3) is 0 Å². The Morgan fingerprint density at radius 1 is 1.05 bits per heavy atom. The van der Waals surface area contributed by atoms with E-state index in [1.54, 1.807) is 0 Å². The van der Waals surface area contributed by atoms with E-state index in [2.05, 4.69) is 37.6 Å². The highest BCUT2D eigenvalue weighted by Gasteiger charge is 2.55. The summed E-state index contributed by atoms with van der Waals surface area (Å²) < 4.78 is 54.2. The molecule has 2 saturated carbocycles. The third-order valence-electron chi connectivity index (χ3n) is 10.3. The van der Waals surface area contributed by atoms with E-state index in [1.165, 1.54) is 31.2 Å². The van der Waals surface area contributed by atoms with Gasteiger partial charge in [-0.2, -0.15) is 18.3 Å². The topological polar surface area (TPSA) is 91.9 Å². The van der Waals surface area contributed by atoms with Gasteiger partial charge in [0.2, 0.25) is 5.88 Å². The lowest BCUT2D eigenvalue weighted by Gasteiger charge is -2.59. The number of ether oxygens (including phenoxy) is 2. The van der Waals surface area contributed by atoms with Crippen molar-refractivity contribution in [1.82, 2.24) is 34.8 Å². The maximum atomic E-state index is 13.0. The molecule has 12 heteroatoms. The Kier molecular flexibility index (Phi) is 7.24. The summed E-state index contributed by atoms with van der Waals surface area (Å²) in [7, 11) is 1.89. The van der Waals surface area contributed by atoms with Crippen molar-refractivity contribution in [2.24, 2.45) is 18.4 Å². The fourth-order valence-electron chi connectivity index (χ4n) is 7.63. The highest BCUT2D eigenvalue weighted by molar-refractivity contribution is 5.23. The van der Waals surface area contributed by atoms with Gasteiger partial charge in [0.25, 0.3) is 0 Å².